The molecule has 0 aromatic heterocycles. The quantitative estimate of drug-likeness (QED) is 0.432. The molecule has 1 amide bonds. The molecule has 1 saturated carbocycles. The number of nitrogens with zero attached hydrogens (tertiary/aromatic N) is 1. The van der Waals surface area contributed by atoms with Gasteiger partial charge in [-0.05, 0) is 73.8 Å². The van der Waals surface area contributed by atoms with Crippen LogP contribution >= 0.6 is 11.6 Å². The predicted molar refractivity (Wildman–Crippen MR) is 143 cm³/mol. The van der Waals surface area contributed by atoms with E-state index in [2.05, 4.69) is 0 Å². The number of carbonyl (C=O) groups is 1. The summed E-state index contributed by atoms with van der Waals surface area (Å²) in [6.45, 7) is 1.82. The number of ether oxygens (including phenoxy) is 1. The lowest BCUT2D eigenvalue weighted by Crippen LogP contribution is -2.49. The first kappa shape index (κ1) is 27.1. The van der Waals surface area contributed by atoms with Crippen LogP contribution in [-0.2, 0) is 15.1 Å². The number of hydrogen-bond donors (Lipinski definition) is 3. The van der Waals surface area contributed by atoms with Crippen molar-refractivity contribution in [3.8, 4) is 11.1 Å². The lowest BCUT2D eigenvalue weighted by molar-refractivity contribution is -0.141. The Morgan fingerprint density at radius 1 is 1.17 bits per heavy atom. The van der Waals surface area contributed by atoms with E-state index in [9.17, 15) is 15.0 Å². The van der Waals surface area contributed by atoms with Crippen molar-refractivity contribution >= 4 is 17.5 Å². The van der Waals surface area contributed by atoms with E-state index in [4.69, 9.17) is 22.1 Å². The highest BCUT2D eigenvalue weighted by Crippen LogP contribution is 2.44. The van der Waals surface area contributed by atoms with Gasteiger partial charge >= 0.3 is 0 Å². The molecule has 2 aliphatic rings. The van der Waals surface area contributed by atoms with E-state index in [0.717, 1.165) is 42.4 Å². The van der Waals surface area contributed by atoms with Crippen LogP contribution in [0.5, 0.6) is 0 Å². The van der Waals surface area contributed by atoms with Gasteiger partial charge in [0.05, 0.1) is 11.7 Å². The molecule has 1 aliphatic carbocycles. The summed E-state index contributed by atoms with van der Waals surface area (Å²) < 4.78 is 5.26. The summed E-state index contributed by atoms with van der Waals surface area (Å²) >= 11 is 6.14. The largest absolute Gasteiger partial charge is 0.391 e. The number of halogens is 1. The third-order valence-corrected chi connectivity index (χ3v) is 8.29. The molecule has 1 heterocycles. The highest BCUT2D eigenvalue weighted by Gasteiger charge is 2.44. The van der Waals surface area contributed by atoms with Crippen LogP contribution in [0.4, 0.5) is 0 Å². The Labute approximate surface area is 219 Å². The summed E-state index contributed by atoms with van der Waals surface area (Å²) in [5.41, 5.74) is 7.76. The zero-order valence-corrected chi connectivity index (χ0v) is 21.9. The Balaban J connectivity index is 1.63. The standard InChI is InChI=1S/C29H39ClN2O4/c1-36-16-5-4-14-29(35,25-9-3-2-8-24(25)20-10-12-23(30)13-11-20)22-7-6-15-32(19-22)28(34)21-17-26(31)27(33)18-21/h2-3,8-13,21-22,26-27,33,35H,4-7,14-19,31H2,1H3/t21-,22+,26+,27-,29-/m0/s1. The second-order valence-corrected chi connectivity index (χ2v) is 10.9. The fourth-order valence-corrected chi connectivity index (χ4v) is 6.14. The first-order chi connectivity index (χ1) is 17.3. The van der Waals surface area contributed by atoms with Crippen molar-refractivity contribution in [2.24, 2.45) is 17.6 Å². The van der Waals surface area contributed by atoms with Crippen molar-refractivity contribution in [1.29, 1.82) is 0 Å². The number of piperidine rings is 1. The molecule has 1 aliphatic heterocycles. The summed E-state index contributed by atoms with van der Waals surface area (Å²) in [6.07, 6.45) is 4.24. The van der Waals surface area contributed by atoms with Gasteiger partial charge in [-0.15, -0.1) is 0 Å². The van der Waals surface area contributed by atoms with Crippen molar-refractivity contribution in [3.63, 3.8) is 0 Å². The molecule has 7 heteroatoms. The molecule has 2 fully saturated rings. The van der Waals surface area contributed by atoms with Gasteiger partial charge in [-0.3, -0.25) is 4.79 Å². The topological polar surface area (TPSA) is 96.0 Å². The molecule has 0 unspecified atom stereocenters. The normalized spacial score (nSPS) is 26.1. The maximum Gasteiger partial charge on any atom is 0.225 e. The number of likely N-dealkylation sites (tertiary alicyclic amines) is 1. The van der Waals surface area contributed by atoms with E-state index in [1.54, 1.807) is 7.11 Å². The summed E-state index contributed by atoms with van der Waals surface area (Å²) in [7, 11) is 1.69. The maximum atomic E-state index is 13.4. The van der Waals surface area contributed by atoms with Crippen molar-refractivity contribution in [3.05, 3.63) is 59.1 Å². The third kappa shape index (κ3) is 5.95. The Bertz CT molecular complexity index is 1010. The van der Waals surface area contributed by atoms with Gasteiger partial charge in [0.2, 0.25) is 5.91 Å². The highest BCUT2D eigenvalue weighted by molar-refractivity contribution is 6.30. The Kier molecular flexibility index (Phi) is 9.07. The molecular formula is C29H39ClN2O4. The lowest BCUT2D eigenvalue weighted by Gasteiger charge is -2.44. The molecule has 2 aromatic rings. The number of amides is 1. The van der Waals surface area contributed by atoms with E-state index in [1.165, 1.54) is 0 Å². The molecule has 4 rings (SSSR count). The van der Waals surface area contributed by atoms with Crippen LogP contribution in [0.3, 0.4) is 0 Å². The molecule has 196 valence electrons. The van der Waals surface area contributed by atoms with E-state index in [1.807, 2.05) is 53.4 Å². The molecule has 4 N–H and O–H groups in total. The predicted octanol–water partition coefficient (Wildman–Crippen LogP) is 4.35. The number of carbonyl (C=O) groups excluding carboxylic acids is 1. The van der Waals surface area contributed by atoms with Crippen LogP contribution in [-0.4, -0.2) is 60.0 Å². The summed E-state index contributed by atoms with van der Waals surface area (Å²) in [5.74, 6) is -0.296. The first-order valence-corrected chi connectivity index (χ1v) is 13.5. The average molecular weight is 515 g/mol. The fourth-order valence-electron chi connectivity index (χ4n) is 6.02. The Morgan fingerprint density at radius 2 is 1.92 bits per heavy atom. The van der Waals surface area contributed by atoms with E-state index >= 15 is 0 Å². The second kappa shape index (κ2) is 12.1. The van der Waals surface area contributed by atoms with Gasteiger partial charge in [-0.25, -0.2) is 0 Å². The van der Waals surface area contributed by atoms with Crippen LogP contribution < -0.4 is 5.73 Å². The zero-order chi connectivity index (χ0) is 25.7. The zero-order valence-electron chi connectivity index (χ0n) is 21.1. The average Bonchev–Trinajstić information content (AvgIpc) is 3.24. The SMILES string of the molecule is COCCCC[C@@](O)(c1ccccc1-c1ccc(Cl)cc1)[C@@H]1CCCN(C(=O)[C@H]2C[C@@H](N)[C@@H](O)C2)C1. The van der Waals surface area contributed by atoms with E-state index in [-0.39, 0.29) is 23.8 Å². The molecule has 6 nitrogen and oxygen atoms in total. The van der Waals surface area contributed by atoms with Crippen LogP contribution in [0.2, 0.25) is 5.02 Å². The minimum atomic E-state index is -1.10. The molecule has 0 bridgehead atoms. The molecular weight excluding hydrogens is 476 g/mol. The van der Waals surface area contributed by atoms with Gasteiger partial charge in [0.15, 0.2) is 0 Å². The Morgan fingerprint density at radius 3 is 2.61 bits per heavy atom. The van der Waals surface area contributed by atoms with Gasteiger partial charge in [0.25, 0.3) is 0 Å². The summed E-state index contributed by atoms with van der Waals surface area (Å²) in [5, 5.41) is 23.2. The van der Waals surface area contributed by atoms with Crippen LogP contribution in [0.1, 0.15) is 50.5 Å². The Hall–Kier alpha value is -1.96. The van der Waals surface area contributed by atoms with Gasteiger partial charge < -0.3 is 25.6 Å². The number of hydrogen-bond acceptors (Lipinski definition) is 5. The van der Waals surface area contributed by atoms with Gasteiger partial charge in [0, 0.05) is 49.7 Å². The number of aliphatic hydroxyl groups excluding tert-OH is 1. The fraction of sp³-hybridized carbons (Fsp3) is 0.552. The first-order valence-electron chi connectivity index (χ1n) is 13.1. The lowest BCUT2D eigenvalue weighted by atomic mass is 9.72. The smallest absolute Gasteiger partial charge is 0.225 e. The monoisotopic (exact) mass is 514 g/mol. The molecule has 36 heavy (non-hydrogen) atoms. The summed E-state index contributed by atoms with van der Waals surface area (Å²) in [6, 6.07) is 15.4. The molecule has 1 saturated heterocycles. The summed E-state index contributed by atoms with van der Waals surface area (Å²) in [4.78, 5) is 15.3. The maximum absolute atomic E-state index is 13.4. The van der Waals surface area contributed by atoms with Crippen molar-refractivity contribution in [2.75, 3.05) is 26.8 Å². The number of benzene rings is 2. The van der Waals surface area contributed by atoms with E-state index in [0.29, 0.717) is 44.0 Å². The van der Waals surface area contributed by atoms with Crippen molar-refractivity contribution in [1.82, 2.24) is 4.90 Å². The molecule has 2 aromatic carbocycles. The van der Waals surface area contributed by atoms with Gasteiger partial charge in [-0.2, -0.15) is 0 Å². The number of methoxy groups -OCH3 is 1. The van der Waals surface area contributed by atoms with Crippen LogP contribution in [0.25, 0.3) is 11.1 Å². The van der Waals surface area contributed by atoms with Crippen molar-refractivity contribution in [2.45, 2.75) is 62.7 Å². The van der Waals surface area contributed by atoms with Gasteiger partial charge in [0.1, 0.15) is 0 Å². The molecule has 5 atom stereocenters. The third-order valence-electron chi connectivity index (χ3n) is 8.04. The number of rotatable bonds is 9. The minimum Gasteiger partial charge on any atom is -0.391 e. The van der Waals surface area contributed by atoms with Crippen LogP contribution in [0.15, 0.2) is 48.5 Å². The highest BCUT2D eigenvalue weighted by atomic mass is 35.5. The minimum absolute atomic E-state index is 0.0550. The van der Waals surface area contributed by atoms with Crippen LogP contribution in [0, 0.1) is 11.8 Å². The number of nitrogens with two attached hydrogens (primary N) is 1. The number of aliphatic hydroxyl groups is 2. The van der Waals surface area contributed by atoms with Gasteiger partial charge in [-0.1, -0.05) is 48.0 Å². The molecule has 0 spiro atoms. The van der Waals surface area contributed by atoms with E-state index < -0.39 is 11.7 Å². The number of unbranched alkanes of at least 4 members (excludes halogenated alkanes) is 1. The molecule has 0 radical (unpaired) electrons. The second-order valence-electron chi connectivity index (χ2n) is 10.4. The van der Waals surface area contributed by atoms with Crippen molar-refractivity contribution < 1.29 is 19.7 Å².